The molecule has 0 spiro atoms. The predicted octanol–water partition coefficient (Wildman–Crippen LogP) is 3.73. The number of phenolic OH excluding ortho intramolecular Hbond substituents is 1. The van der Waals surface area contributed by atoms with E-state index in [-0.39, 0.29) is 17.7 Å². The minimum atomic E-state index is -0.809. The van der Waals surface area contributed by atoms with E-state index in [4.69, 9.17) is 16.3 Å². The highest BCUT2D eigenvalue weighted by molar-refractivity contribution is 6.31. The van der Waals surface area contributed by atoms with Crippen molar-refractivity contribution in [1.29, 1.82) is 0 Å². The Hall–Kier alpha value is -2.04. The van der Waals surface area contributed by atoms with Gasteiger partial charge in [0, 0.05) is 11.4 Å². The first-order valence-electron chi connectivity index (χ1n) is 7.19. The first-order chi connectivity index (χ1) is 10.9. The molecule has 0 aliphatic carbocycles. The van der Waals surface area contributed by atoms with Crippen molar-refractivity contribution >= 4 is 17.6 Å². The Labute approximate surface area is 140 Å². The van der Waals surface area contributed by atoms with E-state index < -0.39 is 12.1 Å². The molecule has 2 N–H and O–H groups in total. The van der Waals surface area contributed by atoms with Crippen molar-refractivity contribution in [3.05, 3.63) is 63.2 Å². The lowest BCUT2D eigenvalue weighted by molar-refractivity contribution is 0.0596. The van der Waals surface area contributed by atoms with Gasteiger partial charge < -0.3 is 14.9 Å². The quantitative estimate of drug-likeness (QED) is 0.836. The van der Waals surface area contributed by atoms with Gasteiger partial charge in [-0.3, -0.25) is 0 Å². The van der Waals surface area contributed by atoms with Crippen LogP contribution in [0.5, 0.6) is 5.75 Å². The van der Waals surface area contributed by atoms with Gasteiger partial charge in [0.25, 0.3) is 0 Å². The van der Waals surface area contributed by atoms with Gasteiger partial charge in [0.05, 0.1) is 13.2 Å². The van der Waals surface area contributed by atoms with Crippen molar-refractivity contribution in [2.45, 2.75) is 26.4 Å². The van der Waals surface area contributed by atoms with E-state index in [9.17, 15) is 15.0 Å². The molecule has 2 rings (SSSR count). The molecule has 0 aliphatic rings. The maximum atomic E-state index is 11.9. The minimum absolute atomic E-state index is 0.122. The Morgan fingerprint density at radius 1 is 1.30 bits per heavy atom. The van der Waals surface area contributed by atoms with Crippen LogP contribution in [-0.4, -0.2) is 23.3 Å². The smallest absolute Gasteiger partial charge is 0.341 e. The number of benzene rings is 2. The van der Waals surface area contributed by atoms with Crippen molar-refractivity contribution in [2.24, 2.45) is 0 Å². The number of methoxy groups -OCH3 is 1. The summed E-state index contributed by atoms with van der Waals surface area (Å²) in [5, 5.41) is 21.0. The number of rotatable bonds is 4. The summed E-state index contributed by atoms with van der Waals surface area (Å²) >= 11 is 6.12. The van der Waals surface area contributed by atoms with Crippen molar-refractivity contribution in [1.82, 2.24) is 0 Å². The molecule has 5 heteroatoms. The normalized spacial score (nSPS) is 12.0. The highest BCUT2D eigenvalue weighted by atomic mass is 35.5. The van der Waals surface area contributed by atoms with Crippen LogP contribution in [0.2, 0.25) is 5.02 Å². The van der Waals surface area contributed by atoms with E-state index >= 15 is 0 Å². The molecule has 1 atom stereocenters. The Balaban J connectivity index is 2.44. The van der Waals surface area contributed by atoms with E-state index in [0.29, 0.717) is 16.1 Å². The zero-order valence-corrected chi connectivity index (χ0v) is 14.0. The van der Waals surface area contributed by atoms with Crippen molar-refractivity contribution in [3.63, 3.8) is 0 Å². The number of halogens is 1. The van der Waals surface area contributed by atoms with E-state index in [1.165, 1.54) is 13.2 Å². The summed E-state index contributed by atoms with van der Waals surface area (Å²) in [6.07, 6.45) is -0.526. The molecule has 0 fully saturated rings. The van der Waals surface area contributed by atoms with Crippen LogP contribution < -0.4 is 0 Å². The zero-order chi connectivity index (χ0) is 17.1. The van der Waals surface area contributed by atoms with Crippen LogP contribution in [0.25, 0.3) is 0 Å². The number of ether oxygens (including phenoxy) is 1. The Bertz CT molecular complexity index is 740. The van der Waals surface area contributed by atoms with Gasteiger partial charge in [-0.25, -0.2) is 4.79 Å². The fraction of sp³-hybridized carbons (Fsp3) is 0.278. The predicted molar refractivity (Wildman–Crippen MR) is 89.0 cm³/mol. The fourth-order valence-corrected chi connectivity index (χ4v) is 2.99. The Kier molecular flexibility index (Phi) is 5.29. The number of aliphatic hydroxyl groups is 1. The molecular weight excluding hydrogens is 316 g/mol. The summed E-state index contributed by atoms with van der Waals surface area (Å²) in [4.78, 5) is 11.9. The van der Waals surface area contributed by atoms with Crippen LogP contribution >= 0.6 is 11.6 Å². The van der Waals surface area contributed by atoms with Crippen molar-refractivity contribution in [2.75, 3.05) is 7.11 Å². The molecule has 0 heterocycles. The number of hydrogen-bond acceptors (Lipinski definition) is 4. The second-order valence-corrected chi connectivity index (χ2v) is 5.83. The number of carbonyl (C=O) groups is 1. The monoisotopic (exact) mass is 334 g/mol. The number of aromatic hydroxyl groups is 1. The van der Waals surface area contributed by atoms with Gasteiger partial charge in [-0.05, 0) is 48.2 Å². The average Bonchev–Trinajstić information content (AvgIpc) is 2.51. The standard InChI is InChI=1S/C18H19ClO4/c1-10-8-16(21)17(18(22)23-3)11(2)13(10)9-15(20)12-6-4-5-7-14(12)19/h4-8,15,20-21H,9H2,1-3H3. The third-order valence-electron chi connectivity index (χ3n) is 3.96. The molecular formula is C18H19ClO4. The van der Waals surface area contributed by atoms with E-state index in [0.717, 1.165) is 11.1 Å². The lowest BCUT2D eigenvalue weighted by atomic mass is 9.91. The Morgan fingerprint density at radius 2 is 1.96 bits per heavy atom. The van der Waals surface area contributed by atoms with Crippen LogP contribution in [0.4, 0.5) is 0 Å². The molecule has 23 heavy (non-hydrogen) atoms. The fourth-order valence-electron chi connectivity index (χ4n) is 2.73. The second kappa shape index (κ2) is 7.02. The minimum Gasteiger partial charge on any atom is -0.507 e. The van der Waals surface area contributed by atoms with Crippen LogP contribution in [0.3, 0.4) is 0 Å². The van der Waals surface area contributed by atoms with Crippen molar-refractivity contribution in [3.8, 4) is 5.75 Å². The van der Waals surface area contributed by atoms with Gasteiger partial charge in [0.2, 0.25) is 0 Å². The molecule has 0 saturated carbocycles. The molecule has 4 nitrogen and oxygen atoms in total. The lowest BCUT2D eigenvalue weighted by Gasteiger charge is -2.18. The molecule has 0 bridgehead atoms. The van der Waals surface area contributed by atoms with Gasteiger partial charge in [0.1, 0.15) is 11.3 Å². The molecule has 0 aliphatic heterocycles. The lowest BCUT2D eigenvalue weighted by Crippen LogP contribution is -2.11. The van der Waals surface area contributed by atoms with Gasteiger partial charge in [-0.1, -0.05) is 29.8 Å². The largest absolute Gasteiger partial charge is 0.507 e. The van der Waals surface area contributed by atoms with Crippen LogP contribution in [-0.2, 0) is 11.2 Å². The maximum Gasteiger partial charge on any atom is 0.341 e. The van der Waals surface area contributed by atoms with Crippen LogP contribution in [0.15, 0.2) is 30.3 Å². The van der Waals surface area contributed by atoms with E-state index in [1.54, 1.807) is 31.2 Å². The second-order valence-electron chi connectivity index (χ2n) is 5.42. The zero-order valence-electron chi connectivity index (χ0n) is 13.3. The molecule has 0 radical (unpaired) electrons. The highest BCUT2D eigenvalue weighted by Gasteiger charge is 2.22. The summed E-state index contributed by atoms with van der Waals surface area (Å²) in [5.41, 5.74) is 2.93. The average molecular weight is 335 g/mol. The first-order valence-corrected chi connectivity index (χ1v) is 7.57. The molecule has 2 aromatic carbocycles. The van der Waals surface area contributed by atoms with Gasteiger partial charge in [-0.2, -0.15) is 0 Å². The molecule has 0 saturated heterocycles. The molecule has 0 amide bonds. The van der Waals surface area contributed by atoms with Gasteiger partial charge >= 0.3 is 5.97 Å². The molecule has 0 aromatic heterocycles. The maximum absolute atomic E-state index is 11.9. The number of aliphatic hydroxyl groups excluding tert-OH is 1. The topological polar surface area (TPSA) is 66.8 Å². The first kappa shape index (κ1) is 17.3. The van der Waals surface area contributed by atoms with E-state index in [2.05, 4.69) is 0 Å². The Morgan fingerprint density at radius 3 is 2.57 bits per heavy atom. The molecule has 122 valence electrons. The third kappa shape index (κ3) is 3.49. The number of aryl methyl sites for hydroxylation is 1. The number of phenols is 1. The number of esters is 1. The summed E-state index contributed by atoms with van der Waals surface area (Å²) in [7, 11) is 1.26. The van der Waals surface area contributed by atoms with E-state index in [1.807, 2.05) is 6.92 Å². The number of hydrogen-bond donors (Lipinski definition) is 2. The third-order valence-corrected chi connectivity index (χ3v) is 4.31. The van der Waals surface area contributed by atoms with Gasteiger partial charge in [-0.15, -0.1) is 0 Å². The summed E-state index contributed by atoms with van der Waals surface area (Å²) in [6.45, 7) is 3.55. The summed E-state index contributed by atoms with van der Waals surface area (Å²) in [6, 6.07) is 8.59. The van der Waals surface area contributed by atoms with Gasteiger partial charge in [0.15, 0.2) is 0 Å². The molecule has 1 unspecified atom stereocenters. The van der Waals surface area contributed by atoms with Crippen molar-refractivity contribution < 1.29 is 19.7 Å². The molecule has 2 aromatic rings. The number of carbonyl (C=O) groups excluding carboxylic acids is 1. The highest BCUT2D eigenvalue weighted by Crippen LogP contribution is 2.32. The van der Waals surface area contributed by atoms with Crippen LogP contribution in [0.1, 0.15) is 38.7 Å². The SMILES string of the molecule is COC(=O)c1c(O)cc(C)c(CC(O)c2ccccc2Cl)c1C. The van der Waals surface area contributed by atoms with Crippen LogP contribution in [0, 0.1) is 13.8 Å². The summed E-state index contributed by atoms with van der Waals surface area (Å²) < 4.78 is 4.72. The summed E-state index contributed by atoms with van der Waals surface area (Å²) in [5.74, 6) is -0.726.